The molecule has 0 bridgehead atoms. The Morgan fingerprint density at radius 3 is 2.67 bits per heavy atom. The number of phenols is 1. The molecule has 11 heteroatoms. The lowest BCUT2D eigenvalue weighted by atomic mass is 9.98. The molecule has 1 aromatic heterocycles. The fourth-order valence-electron chi connectivity index (χ4n) is 3.92. The van der Waals surface area contributed by atoms with Crippen LogP contribution in [0.25, 0.3) is 11.3 Å². The molecular weight excluding hydrogens is 439 g/mol. The first kappa shape index (κ1) is 24.3. The summed E-state index contributed by atoms with van der Waals surface area (Å²) in [6.07, 6.45) is -3.39. The number of hydrogen-bond donors (Lipinski definition) is 2. The minimum absolute atomic E-state index is 0.0470. The SMILES string of the molecule is CCOC(=O)[C@H]1CC[C@@H](Nc2nnc(-c3ccc(C(F)(F)F)cc3O)c(C)c2C#N)CN1C. The normalized spacial score (nSPS) is 19.1. The topological polar surface area (TPSA) is 111 Å². The van der Waals surface area contributed by atoms with Crippen LogP contribution in [0.3, 0.4) is 0 Å². The third kappa shape index (κ3) is 5.17. The molecule has 2 atom stereocenters. The number of halogens is 3. The van der Waals surface area contributed by atoms with Crippen LogP contribution >= 0.6 is 0 Å². The predicted octanol–water partition coefficient (Wildman–Crippen LogP) is 3.49. The maximum absolute atomic E-state index is 12.9. The van der Waals surface area contributed by atoms with Gasteiger partial charge >= 0.3 is 12.1 Å². The van der Waals surface area contributed by atoms with Crippen LogP contribution in [0.2, 0.25) is 0 Å². The summed E-state index contributed by atoms with van der Waals surface area (Å²) in [5.41, 5.74) is -0.277. The quantitative estimate of drug-likeness (QED) is 0.649. The van der Waals surface area contributed by atoms with E-state index in [0.717, 1.165) is 12.1 Å². The van der Waals surface area contributed by atoms with E-state index < -0.39 is 17.5 Å². The molecular formula is C22H24F3N5O3. The van der Waals surface area contributed by atoms with Gasteiger partial charge in [0.05, 0.1) is 12.2 Å². The molecule has 176 valence electrons. The highest BCUT2D eigenvalue weighted by atomic mass is 19.4. The molecule has 1 fully saturated rings. The second kappa shape index (κ2) is 9.62. The molecule has 2 heterocycles. The lowest BCUT2D eigenvalue weighted by Crippen LogP contribution is -2.50. The van der Waals surface area contributed by atoms with Crippen molar-refractivity contribution in [1.82, 2.24) is 15.1 Å². The fourth-order valence-corrected chi connectivity index (χ4v) is 3.92. The van der Waals surface area contributed by atoms with Crippen LogP contribution in [0.1, 0.15) is 36.5 Å². The van der Waals surface area contributed by atoms with Crippen LogP contribution in [-0.4, -0.2) is 58.5 Å². The van der Waals surface area contributed by atoms with Crippen LogP contribution in [-0.2, 0) is 15.7 Å². The zero-order valence-electron chi connectivity index (χ0n) is 18.4. The molecule has 1 saturated heterocycles. The molecule has 0 saturated carbocycles. The Bertz CT molecular complexity index is 1080. The Hall–Kier alpha value is -3.39. The number of aromatic nitrogens is 2. The molecule has 3 rings (SSSR count). The maximum Gasteiger partial charge on any atom is 0.416 e. The number of esters is 1. The number of likely N-dealkylation sites (N-methyl/N-ethyl adjacent to an activating group) is 1. The predicted molar refractivity (Wildman–Crippen MR) is 113 cm³/mol. The van der Waals surface area contributed by atoms with Gasteiger partial charge in [-0.1, -0.05) is 0 Å². The van der Waals surface area contributed by atoms with E-state index in [2.05, 4.69) is 21.6 Å². The van der Waals surface area contributed by atoms with Gasteiger partial charge in [0.25, 0.3) is 0 Å². The van der Waals surface area contributed by atoms with Gasteiger partial charge in [-0.05, 0) is 57.5 Å². The van der Waals surface area contributed by atoms with E-state index in [4.69, 9.17) is 4.74 Å². The van der Waals surface area contributed by atoms with Crippen molar-refractivity contribution >= 4 is 11.8 Å². The van der Waals surface area contributed by atoms with Gasteiger partial charge in [0.1, 0.15) is 29.1 Å². The van der Waals surface area contributed by atoms with E-state index in [1.807, 2.05) is 11.9 Å². The second-order valence-corrected chi connectivity index (χ2v) is 7.86. The average molecular weight is 463 g/mol. The summed E-state index contributed by atoms with van der Waals surface area (Å²) in [5.74, 6) is -0.642. The van der Waals surface area contributed by atoms with Crippen molar-refractivity contribution in [3.63, 3.8) is 0 Å². The highest BCUT2D eigenvalue weighted by Gasteiger charge is 2.33. The van der Waals surface area contributed by atoms with Crippen molar-refractivity contribution in [1.29, 1.82) is 5.26 Å². The average Bonchev–Trinajstić information content (AvgIpc) is 2.74. The molecule has 1 aliphatic rings. The number of nitrogens with one attached hydrogen (secondary N) is 1. The number of phenolic OH excluding ortho intramolecular Hbond substituents is 1. The first-order valence-corrected chi connectivity index (χ1v) is 10.4. The molecule has 2 N–H and O–H groups in total. The molecule has 0 unspecified atom stereocenters. The molecule has 2 aromatic rings. The van der Waals surface area contributed by atoms with Gasteiger partial charge in [0, 0.05) is 18.2 Å². The first-order chi connectivity index (χ1) is 15.6. The molecule has 0 radical (unpaired) electrons. The number of nitriles is 1. The monoisotopic (exact) mass is 463 g/mol. The highest BCUT2D eigenvalue weighted by Crippen LogP contribution is 2.37. The highest BCUT2D eigenvalue weighted by molar-refractivity contribution is 5.76. The van der Waals surface area contributed by atoms with Gasteiger partial charge in [-0.25, -0.2) is 0 Å². The Morgan fingerprint density at radius 1 is 1.36 bits per heavy atom. The largest absolute Gasteiger partial charge is 0.507 e. The van der Waals surface area contributed by atoms with Crippen molar-refractivity contribution in [2.24, 2.45) is 0 Å². The number of aromatic hydroxyl groups is 1. The molecule has 33 heavy (non-hydrogen) atoms. The van der Waals surface area contributed by atoms with Crippen molar-refractivity contribution < 1.29 is 27.8 Å². The second-order valence-electron chi connectivity index (χ2n) is 7.86. The maximum atomic E-state index is 12.9. The van der Waals surface area contributed by atoms with Gasteiger partial charge in [-0.15, -0.1) is 10.2 Å². The van der Waals surface area contributed by atoms with Crippen molar-refractivity contribution in [2.45, 2.75) is 44.9 Å². The zero-order chi connectivity index (χ0) is 24.3. The number of alkyl halides is 3. The molecule has 0 spiro atoms. The fraction of sp³-hybridized carbons (Fsp3) is 0.455. The van der Waals surface area contributed by atoms with E-state index >= 15 is 0 Å². The molecule has 1 aliphatic heterocycles. The van der Waals surface area contributed by atoms with Crippen molar-refractivity contribution in [2.75, 3.05) is 25.5 Å². The Balaban J connectivity index is 1.83. The molecule has 0 amide bonds. The Morgan fingerprint density at radius 2 is 2.09 bits per heavy atom. The number of rotatable bonds is 5. The number of nitrogens with zero attached hydrogens (tertiary/aromatic N) is 4. The summed E-state index contributed by atoms with van der Waals surface area (Å²) < 4.78 is 43.8. The summed E-state index contributed by atoms with van der Waals surface area (Å²) >= 11 is 0. The van der Waals surface area contributed by atoms with E-state index in [9.17, 15) is 28.3 Å². The standard InChI is InChI=1S/C22H24F3N5O3/c1-4-33-21(32)17-8-6-14(11-30(17)3)27-20-16(10-26)12(2)19(28-29-20)15-7-5-13(9-18(15)31)22(23,24)25/h5,7,9,14,17,31H,4,6,8,11H2,1-3H3,(H,27,29)/t14-,17-/m1/s1. The minimum atomic E-state index is -4.60. The summed E-state index contributed by atoms with van der Waals surface area (Å²) in [4.78, 5) is 13.9. The van der Waals surface area contributed by atoms with Gasteiger partial charge < -0.3 is 15.2 Å². The molecule has 1 aromatic carbocycles. The number of hydrogen-bond acceptors (Lipinski definition) is 8. The van der Waals surface area contributed by atoms with E-state index in [1.165, 1.54) is 0 Å². The van der Waals surface area contributed by atoms with Gasteiger partial charge in [-0.2, -0.15) is 18.4 Å². The van der Waals surface area contributed by atoms with Crippen LogP contribution < -0.4 is 5.32 Å². The number of benzene rings is 1. The Labute approximate surface area is 189 Å². The van der Waals surface area contributed by atoms with E-state index in [1.54, 1.807) is 13.8 Å². The van der Waals surface area contributed by atoms with Crippen LogP contribution in [0, 0.1) is 18.3 Å². The van der Waals surface area contributed by atoms with Gasteiger partial charge in [0.15, 0.2) is 5.82 Å². The van der Waals surface area contributed by atoms with Crippen LogP contribution in [0.15, 0.2) is 18.2 Å². The van der Waals surface area contributed by atoms with Gasteiger partial charge in [0.2, 0.25) is 0 Å². The first-order valence-electron chi connectivity index (χ1n) is 10.4. The number of ether oxygens (including phenoxy) is 1. The van der Waals surface area contributed by atoms with Crippen LogP contribution in [0.5, 0.6) is 5.75 Å². The van der Waals surface area contributed by atoms with E-state index in [0.29, 0.717) is 37.6 Å². The third-order valence-corrected chi connectivity index (χ3v) is 5.64. The third-order valence-electron chi connectivity index (χ3n) is 5.64. The van der Waals surface area contributed by atoms with Crippen molar-refractivity contribution in [3.05, 3.63) is 34.9 Å². The molecule has 8 nitrogen and oxygen atoms in total. The number of piperidine rings is 1. The number of likely N-dealkylation sites (tertiary alicyclic amines) is 1. The Kier molecular flexibility index (Phi) is 7.07. The number of carbonyl (C=O) groups excluding carboxylic acids is 1. The summed E-state index contributed by atoms with van der Waals surface area (Å²) in [7, 11) is 1.81. The number of carbonyl (C=O) groups is 1. The van der Waals surface area contributed by atoms with Gasteiger partial charge in [-0.3, -0.25) is 9.69 Å². The summed E-state index contributed by atoms with van der Waals surface area (Å²) in [5, 5.41) is 31.2. The summed E-state index contributed by atoms with van der Waals surface area (Å²) in [6, 6.07) is 4.18. The minimum Gasteiger partial charge on any atom is -0.507 e. The van der Waals surface area contributed by atoms with Crippen molar-refractivity contribution in [3.8, 4) is 23.1 Å². The lowest BCUT2D eigenvalue weighted by molar-refractivity contribution is -0.150. The smallest absolute Gasteiger partial charge is 0.416 e. The molecule has 0 aliphatic carbocycles. The van der Waals surface area contributed by atoms with Crippen LogP contribution in [0.4, 0.5) is 19.0 Å². The number of anilines is 1. The zero-order valence-corrected chi connectivity index (χ0v) is 18.4. The van der Waals surface area contributed by atoms with E-state index in [-0.39, 0.29) is 40.7 Å². The lowest BCUT2D eigenvalue weighted by Gasteiger charge is -2.36. The summed E-state index contributed by atoms with van der Waals surface area (Å²) in [6.45, 7) is 4.17.